The predicted octanol–water partition coefficient (Wildman–Crippen LogP) is 6.47. The highest BCUT2D eigenvalue weighted by molar-refractivity contribution is 6.22. The van der Waals surface area contributed by atoms with E-state index in [0.29, 0.717) is 6.54 Å². The van der Waals surface area contributed by atoms with Gasteiger partial charge in [0.15, 0.2) is 12.4 Å². The number of carbonyl (C=O) groups excluding carboxylic acids is 1. The molecule has 2 heteroatoms. The molecule has 146 valence electrons. The number of fused-ring (bicyclic) bond motifs is 4. The topological polar surface area (TPSA) is 20.9 Å². The average molecular weight is 398 g/mol. The van der Waals surface area contributed by atoms with Gasteiger partial charge in [0, 0.05) is 17.7 Å². The SMILES string of the molecule is O=C(C[n+]1ccccc1)c1c2cc3ccccc3cc2cc2cc3ccccc3cc12. The molecule has 0 aliphatic rings. The van der Waals surface area contributed by atoms with Crippen LogP contribution in [0.1, 0.15) is 10.4 Å². The van der Waals surface area contributed by atoms with Gasteiger partial charge in [-0.25, -0.2) is 0 Å². The zero-order chi connectivity index (χ0) is 20.8. The third-order valence-electron chi connectivity index (χ3n) is 6.07. The van der Waals surface area contributed by atoms with Crippen molar-refractivity contribution in [2.24, 2.45) is 0 Å². The van der Waals surface area contributed by atoms with E-state index in [9.17, 15) is 4.79 Å². The van der Waals surface area contributed by atoms with Gasteiger partial charge in [-0.2, -0.15) is 4.57 Å². The molecule has 0 N–H and O–H groups in total. The van der Waals surface area contributed by atoms with Gasteiger partial charge in [-0.3, -0.25) is 4.79 Å². The Morgan fingerprint density at radius 3 is 1.52 bits per heavy atom. The van der Waals surface area contributed by atoms with Crippen LogP contribution >= 0.6 is 0 Å². The summed E-state index contributed by atoms with van der Waals surface area (Å²) in [5.41, 5.74) is 0.806. The molecule has 0 aliphatic heterocycles. The van der Waals surface area contributed by atoms with Crippen molar-refractivity contribution in [1.82, 2.24) is 0 Å². The molecule has 0 aliphatic carbocycles. The van der Waals surface area contributed by atoms with E-state index in [1.54, 1.807) is 0 Å². The molecule has 6 aromatic rings. The summed E-state index contributed by atoms with van der Waals surface area (Å²) in [4.78, 5) is 13.7. The molecule has 0 saturated carbocycles. The van der Waals surface area contributed by atoms with Gasteiger partial charge >= 0.3 is 0 Å². The number of Topliss-reactive ketones (excluding diaryl/α,β-unsaturated/α-hetero) is 1. The smallest absolute Gasteiger partial charge is 0.228 e. The highest BCUT2D eigenvalue weighted by Crippen LogP contribution is 2.34. The first-order valence-electron chi connectivity index (χ1n) is 10.5. The highest BCUT2D eigenvalue weighted by atomic mass is 16.1. The van der Waals surface area contributed by atoms with E-state index in [2.05, 4.69) is 66.7 Å². The largest absolute Gasteiger partial charge is 0.287 e. The number of hydrogen-bond acceptors (Lipinski definition) is 1. The first-order chi connectivity index (χ1) is 15.3. The molecule has 0 saturated heterocycles. The van der Waals surface area contributed by atoms with E-state index in [0.717, 1.165) is 37.9 Å². The number of carbonyl (C=O) groups is 1. The Morgan fingerprint density at radius 2 is 1.00 bits per heavy atom. The first-order valence-corrected chi connectivity index (χ1v) is 10.5. The van der Waals surface area contributed by atoms with Crippen LogP contribution in [0.4, 0.5) is 0 Å². The van der Waals surface area contributed by atoms with Crippen LogP contribution in [0.25, 0.3) is 43.1 Å². The summed E-state index contributed by atoms with van der Waals surface area (Å²) < 4.78 is 1.94. The minimum atomic E-state index is 0.123. The molecule has 0 bridgehead atoms. The molecule has 5 aromatic carbocycles. The fourth-order valence-corrected chi connectivity index (χ4v) is 4.59. The maximum absolute atomic E-state index is 13.7. The zero-order valence-corrected chi connectivity index (χ0v) is 17.0. The number of aromatic nitrogens is 1. The Labute approximate surface area is 180 Å². The van der Waals surface area contributed by atoms with E-state index in [1.165, 1.54) is 10.8 Å². The van der Waals surface area contributed by atoms with Gasteiger partial charge < -0.3 is 0 Å². The van der Waals surface area contributed by atoms with Crippen LogP contribution in [-0.4, -0.2) is 5.78 Å². The van der Waals surface area contributed by atoms with Crippen LogP contribution in [0.15, 0.2) is 109 Å². The molecule has 0 amide bonds. The van der Waals surface area contributed by atoms with Crippen LogP contribution in [-0.2, 0) is 6.54 Å². The van der Waals surface area contributed by atoms with Gasteiger partial charge in [-0.15, -0.1) is 0 Å². The molecule has 2 nitrogen and oxygen atoms in total. The maximum Gasteiger partial charge on any atom is 0.228 e. The number of benzene rings is 5. The fraction of sp³-hybridized carbons (Fsp3) is 0.0345. The normalized spacial score (nSPS) is 11.5. The summed E-state index contributed by atoms with van der Waals surface area (Å²) in [5.74, 6) is 0.123. The minimum Gasteiger partial charge on any atom is -0.287 e. The van der Waals surface area contributed by atoms with Crippen LogP contribution in [0.2, 0.25) is 0 Å². The standard InChI is InChI=1S/C29H20NO/c31-28(19-30-12-6-1-7-13-30)29-26-17-22-10-4-2-8-20(22)14-24(26)16-25-15-21-9-3-5-11-23(21)18-27(25)29/h1-18H,19H2/q+1. The third kappa shape index (κ3) is 3.04. The van der Waals surface area contributed by atoms with E-state index >= 15 is 0 Å². The molecular weight excluding hydrogens is 378 g/mol. The molecule has 0 spiro atoms. The Kier molecular flexibility index (Phi) is 4.03. The lowest BCUT2D eigenvalue weighted by atomic mass is 9.90. The van der Waals surface area contributed by atoms with Crippen molar-refractivity contribution >= 4 is 48.9 Å². The van der Waals surface area contributed by atoms with Crippen LogP contribution < -0.4 is 4.57 Å². The quantitative estimate of drug-likeness (QED) is 0.190. The lowest BCUT2D eigenvalue weighted by molar-refractivity contribution is -0.683. The van der Waals surface area contributed by atoms with Gasteiger partial charge in [-0.05, 0) is 73.4 Å². The number of hydrogen-bond donors (Lipinski definition) is 0. The van der Waals surface area contributed by atoms with Crippen molar-refractivity contribution in [2.45, 2.75) is 6.54 Å². The molecule has 6 rings (SSSR count). The molecular formula is C29H20NO+. The number of nitrogens with zero attached hydrogens (tertiary/aromatic N) is 1. The average Bonchev–Trinajstić information content (AvgIpc) is 2.80. The second-order valence-corrected chi connectivity index (χ2v) is 8.06. The molecule has 1 heterocycles. The number of pyridine rings is 1. The summed E-state index contributed by atoms with van der Waals surface area (Å²) in [6, 6.07) is 33.5. The lowest BCUT2D eigenvalue weighted by Crippen LogP contribution is -2.36. The van der Waals surface area contributed by atoms with Crippen molar-refractivity contribution in [2.75, 3.05) is 0 Å². The second-order valence-electron chi connectivity index (χ2n) is 8.06. The molecule has 31 heavy (non-hydrogen) atoms. The van der Waals surface area contributed by atoms with Crippen molar-refractivity contribution in [1.29, 1.82) is 0 Å². The van der Waals surface area contributed by atoms with Gasteiger partial charge in [0.2, 0.25) is 12.3 Å². The van der Waals surface area contributed by atoms with Crippen molar-refractivity contribution in [3.63, 3.8) is 0 Å². The van der Waals surface area contributed by atoms with E-state index in [-0.39, 0.29) is 5.78 Å². The first kappa shape index (κ1) is 17.8. The van der Waals surface area contributed by atoms with Crippen LogP contribution in [0.5, 0.6) is 0 Å². The second kappa shape index (κ2) is 7.03. The lowest BCUT2D eigenvalue weighted by Gasteiger charge is -2.12. The van der Waals surface area contributed by atoms with Gasteiger partial charge in [0.25, 0.3) is 0 Å². The highest BCUT2D eigenvalue weighted by Gasteiger charge is 2.19. The monoisotopic (exact) mass is 398 g/mol. The molecule has 0 radical (unpaired) electrons. The number of rotatable bonds is 3. The van der Waals surface area contributed by atoms with Crippen LogP contribution in [0.3, 0.4) is 0 Å². The minimum absolute atomic E-state index is 0.123. The molecule has 0 atom stereocenters. The molecule has 0 fully saturated rings. The molecule has 0 unspecified atom stereocenters. The Bertz CT molecular complexity index is 1520. The van der Waals surface area contributed by atoms with Gasteiger partial charge in [0.1, 0.15) is 0 Å². The van der Waals surface area contributed by atoms with Gasteiger partial charge in [0.05, 0.1) is 0 Å². The predicted molar refractivity (Wildman–Crippen MR) is 127 cm³/mol. The third-order valence-corrected chi connectivity index (χ3v) is 6.07. The van der Waals surface area contributed by atoms with Crippen LogP contribution in [0, 0.1) is 0 Å². The molecule has 1 aromatic heterocycles. The fourth-order valence-electron chi connectivity index (χ4n) is 4.59. The maximum atomic E-state index is 13.7. The Hall–Kier alpha value is -4.04. The zero-order valence-electron chi connectivity index (χ0n) is 17.0. The summed E-state index contributed by atoms with van der Waals surface area (Å²) in [6.07, 6.45) is 3.88. The number of ketones is 1. The van der Waals surface area contributed by atoms with Gasteiger partial charge in [-0.1, -0.05) is 54.6 Å². The van der Waals surface area contributed by atoms with E-state index in [1.807, 2.05) is 47.3 Å². The summed E-state index contributed by atoms with van der Waals surface area (Å²) in [6.45, 7) is 0.314. The summed E-state index contributed by atoms with van der Waals surface area (Å²) in [5, 5.41) is 8.90. The Morgan fingerprint density at radius 1 is 0.548 bits per heavy atom. The summed E-state index contributed by atoms with van der Waals surface area (Å²) in [7, 11) is 0. The summed E-state index contributed by atoms with van der Waals surface area (Å²) >= 11 is 0. The van der Waals surface area contributed by atoms with Crippen molar-refractivity contribution in [3.8, 4) is 0 Å². The van der Waals surface area contributed by atoms with Crippen molar-refractivity contribution < 1.29 is 9.36 Å². The van der Waals surface area contributed by atoms with E-state index in [4.69, 9.17) is 0 Å². The van der Waals surface area contributed by atoms with Crippen molar-refractivity contribution in [3.05, 3.63) is 115 Å². The Balaban J connectivity index is 1.70. The van der Waals surface area contributed by atoms with E-state index < -0.39 is 0 Å².